The molecule has 1 saturated heterocycles. The first-order valence-corrected chi connectivity index (χ1v) is 7.74. The highest BCUT2D eigenvalue weighted by atomic mass is 16.3. The maximum Gasteiger partial charge on any atom is 0.223 e. The zero-order valence-corrected chi connectivity index (χ0v) is 12.7. The summed E-state index contributed by atoms with van der Waals surface area (Å²) in [6, 6.07) is 19.7. The van der Waals surface area contributed by atoms with Crippen LogP contribution in [0.4, 0.5) is 0 Å². The molecule has 114 valence electrons. The van der Waals surface area contributed by atoms with Crippen molar-refractivity contribution < 1.29 is 9.90 Å². The minimum absolute atomic E-state index is 0.0407. The number of carbonyl (C=O) groups is 1. The third-order valence-electron chi connectivity index (χ3n) is 4.53. The Hall–Kier alpha value is -2.13. The van der Waals surface area contributed by atoms with Gasteiger partial charge in [0.25, 0.3) is 0 Å². The Bertz CT molecular complexity index is 626. The van der Waals surface area contributed by atoms with Crippen LogP contribution in [0.3, 0.4) is 0 Å². The summed E-state index contributed by atoms with van der Waals surface area (Å²) in [5, 5.41) is 10.5. The van der Waals surface area contributed by atoms with Crippen LogP contribution in [0.2, 0.25) is 0 Å². The lowest BCUT2D eigenvalue weighted by Gasteiger charge is -2.26. The predicted octanol–water partition coefficient (Wildman–Crippen LogP) is 3.33. The zero-order chi connectivity index (χ0) is 15.5. The fraction of sp³-hybridized carbons (Fsp3) is 0.316. The summed E-state index contributed by atoms with van der Waals surface area (Å²) >= 11 is 0. The van der Waals surface area contributed by atoms with Gasteiger partial charge in [0.15, 0.2) is 0 Å². The van der Waals surface area contributed by atoms with E-state index in [1.54, 1.807) is 0 Å². The quantitative estimate of drug-likeness (QED) is 0.940. The van der Waals surface area contributed by atoms with Gasteiger partial charge in [0.2, 0.25) is 5.91 Å². The number of hydrogen-bond acceptors (Lipinski definition) is 2. The molecule has 1 aliphatic heterocycles. The van der Waals surface area contributed by atoms with Crippen LogP contribution in [-0.4, -0.2) is 22.5 Å². The number of amides is 1. The molecule has 0 saturated carbocycles. The number of aliphatic hydroxyl groups is 1. The maximum atomic E-state index is 12.4. The fourth-order valence-electron chi connectivity index (χ4n) is 3.18. The summed E-state index contributed by atoms with van der Waals surface area (Å²) in [5.41, 5.74) is 2.01. The van der Waals surface area contributed by atoms with Crippen LogP contribution in [0.1, 0.15) is 36.6 Å². The number of likely N-dealkylation sites (tertiary alicyclic amines) is 1. The molecule has 3 rings (SSSR count). The summed E-state index contributed by atoms with van der Waals surface area (Å²) in [5.74, 6) is 0.0809. The van der Waals surface area contributed by atoms with Crippen LogP contribution in [0, 0.1) is 5.92 Å². The second kappa shape index (κ2) is 6.32. The summed E-state index contributed by atoms with van der Waals surface area (Å²) in [6.45, 7) is 2.65. The standard InChI is InChI=1S/C19H21NO2/c1-14(15-8-4-2-5-9-15)20-13-17(12-18(20)21)19(22)16-10-6-3-7-11-16/h2-11,14,17,19,22H,12-13H2,1H3/t14?,17?,19-/m0/s1. The minimum Gasteiger partial charge on any atom is -0.388 e. The van der Waals surface area contributed by atoms with Gasteiger partial charge < -0.3 is 10.0 Å². The molecule has 1 N–H and O–H groups in total. The van der Waals surface area contributed by atoms with Gasteiger partial charge in [-0.05, 0) is 18.1 Å². The highest BCUT2D eigenvalue weighted by molar-refractivity contribution is 5.79. The van der Waals surface area contributed by atoms with E-state index < -0.39 is 6.10 Å². The number of hydrogen-bond donors (Lipinski definition) is 1. The summed E-state index contributed by atoms with van der Waals surface area (Å²) in [7, 11) is 0. The molecule has 0 radical (unpaired) electrons. The van der Waals surface area contributed by atoms with Crippen molar-refractivity contribution in [3.8, 4) is 0 Å². The smallest absolute Gasteiger partial charge is 0.223 e. The monoisotopic (exact) mass is 295 g/mol. The van der Waals surface area contributed by atoms with Gasteiger partial charge in [-0.2, -0.15) is 0 Å². The van der Waals surface area contributed by atoms with Gasteiger partial charge in [-0.1, -0.05) is 60.7 Å². The molecule has 2 aromatic carbocycles. The molecule has 3 heteroatoms. The molecule has 0 bridgehead atoms. The molecular weight excluding hydrogens is 274 g/mol. The first-order chi connectivity index (χ1) is 10.7. The van der Waals surface area contributed by atoms with E-state index in [4.69, 9.17) is 0 Å². The number of carbonyl (C=O) groups excluding carboxylic acids is 1. The molecule has 0 spiro atoms. The molecule has 3 nitrogen and oxygen atoms in total. The van der Waals surface area contributed by atoms with E-state index in [-0.39, 0.29) is 17.9 Å². The van der Waals surface area contributed by atoms with Crippen molar-refractivity contribution in [2.45, 2.75) is 25.5 Å². The lowest BCUT2D eigenvalue weighted by molar-refractivity contribution is -0.129. The van der Waals surface area contributed by atoms with E-state index >= 15 is 0 Å². The van der Waals surface area contributed by atoms with Crippen LogP contribution in [0.25, 0.3) is 0 Å². The number of aliphatic hydroxyl groups excluding tert-OH is 1. The van der Waals surface area contributed by atoms with Crippen LogP contribution >= 0.6 is 0 Å². The number of rotatable bonds is 4. The first-order valence-electron chi connectivity index (χ1n) is 7.74. The van der Waals surface area contributed by atoms with Crippen molar-refractivity contribution in [1.82, 2.24) is 4.90 Å². The van der Waals surface area contributed by atoms with Gasteiger partial charge in [0.1, 0.15) is 0 Å². The summed E-state index contributed by atoms with van der Waals surface area (Å²) < 4.78 is 0. The van der Waals surface area contributed by atoms with Gasteiger partial charge in [-0.25, -0.2) is 0 Å². The molecule has 1 fully saturated rings. The third kappa shape index (κ3) is 2.90. The molecule has 2 aromatic rings. The Labute approximate surface area is 131 Å². The largest absolute Gasteiger partial charge is 0.388 e. The summed E-state index contributed by atoms with van der Waals surface area (Å²) in [6.07, 6.45) is -0.175. The molecule has 1 amide bonds. The molecule has 1 heterocycles. The molecule has 0 aliphatic carbocycles. The van der Waals surface area contributed by atoms with Crippen LogP contribution in [0.5, 0.6) is 0 Å². The Kier molecular flexibility index (Phi) is 4.25. The number of nitrogens with zero attached hydrogens (tertiary/aromatic N) is 1. The fourth-order valence-corrected chi connectivity index (χ4v) is 3.18. The lowest BCUT2D eigenvalue weighted by Crippen LogP contribution is -2.29. The van der Waals surface area contributed by atoms with E-state index in [0.717, 1.165) is 11.1 Å². The topological polar surface area (TPSA) is 40.5 Å². The molecule has 1 aliphatic rings. The first kappa shape index (κ1) is 14.8. The van der Waals surface area contributed by atoms with Crippen molar-refractivity contribution in [1.29, 1.82) is 0 Å². The van der Waals surface area contributed by atoms with Crippen molar-refractivity contribution in [2.24, 2.45) is 5.92 Å². The summed E-state index contributed by atoms with van der Waals surface area (Å²) in [4.78, 5) is 14.2. The third-order valence-corrected chi connectivity index (χ3v) is 4.53. The Morgan fingerprint density at radius 3 is 2.14 bits per heavy atom. The van der Waals surface area contributed by atoms with E-state index in [9.17, 15) is 9.90 Å². The van der Waals surface area contributed by atoms with Crippen molar-refractivity contribution in [2.75, 3.05) is 6.54 Å². The molecular formula is C19H21NO2. The van der Waals surface area contributed by atoms with Crippen LogP contribution in [-0.2, 0) is 4.79 Å². The van der Waals surface area contributed by atoms with E-state index in [1.165, 1.54) is 0 Å². The van der Waals surface area contributed by atoms with Crippen LogP contribution in [0.15, 0.2) is 60.7 Å². The SMILES string of the molecule is CC(c1ccccc1)N1CC([C@@H](O)c2ccccc2)CC1=O. The highest BCUT2D eigenvalue weighted by Gasteiger charge is 2.37. The molecule has 3 atom stereocenters. The van der Waals surface area contributed by atoms with E-state index in [0.29, 0.717) is 13.0 Å². The minimum atomic E-state index is -0.585. The average molecular weight is 295 g/mol. The molecule has 22 heavy (non-hydrogen) atoms. The predicted molar refractivity (Wildman–Crippen MR) is 86.1 cm³/mol. The van der Waals surface area contributed by atoms with Gasteiger partial charge in [-0.3, -0.25) is 4.79 Å². The highest BCUT2D eigenvalue weighted by Crippen LogP contribution is 2.34. The van der Waals surface area contributed by atoms with Gasteiger partial charge in [-0.15, -0.1) is 0 Å². The number of benzene rings is 2. The average Bonchev–Trinajstić information content (AvgIpc) is 2.97. The maximum absolute atomic E-state index is 12.4. The van der Waals surface area contributed by atoms with Gasteiger partial charge >= 0.3 is 0 Å². The Balaban J connectivity index is 1.73. The second-order valence-corrected chi connectivity index (χ2v) is 5.95. The van der Waals surface area contributed by atoms with Gasteiger partial charge in [0.05, 0.1) is 12.1 Å². The lowest BCUT2D eigenvalue weighted by atomic mass is 9.95. The second-order valence-electron chi connectivity index (χ2n) is 5.95. The molecule has 0 aromatic heterocycles. The Morgan fingerprint density at radius 2 is 1.55 bits per heavy atom. The van der Waals surface area contributed by atoms with E-state index in [1.807, 2.05) is 72.5 Å². The van der Waals surface area contributed by atoms with Crippen molar-refractivity contribution in [3.63, 3.8) is 0 Å². The Morgan fingerprint density at radius 1 is 1.00 bits per heavy atom. The normalized spacial score (nSPS) is 20.9. The van der Waals surface area contributed by atoms with Crippen molar-refractivity contribution in [3.05, 3.63) is 71.8 Å². The van der Waals surface area contributed by atoms with Gasteiger partial charge in [0, 0.05) is 18.9 Å². The molecule has 2 unspecified atom stereocenters. The van der Waals surface area contributed by atoms with E-state index in [2.05, 4.69) is 0 Å². The van der Waals surface area contributed by atoms with Crippen LogP contribution < -0.4 is 0 Å². The zero-order valence-electron chi connectivity index (χ0n) is 12.7. The van der Waals surface area contributed by atoms with Crippen molar-refractivity contribution >= 4 is 5.91 Å².